The Morgan fingerprint density at radius 3 is 2.81 bits per heavy atom. The maximum absolute atomic E-state index is 12.9. The smallest absolute Gasteiger partial charge is 0.258 e. The number of nitrogens with zero attached hydrogens (tertiary/aromatic N) is 2. The molecule has 1 aliphatic rings. The molecule has 0 N–H and O–H groups in total. The van der Waals surface area contributed by atoms with Crippen LogP contribution in [0.5, 0.6) is 0 Å². The predicted molar refractivity (Wildman–Crippen MR) is 78.2 cm³/mol. The van der Waals surface area contributed by atoms with Gasteiger partial charge >= 0.3 is 0 Å². The standard InChI is InChI=1S/C16H20N2O3/c1-11-9-13(12(2)21-11)16(19)18-7-8-20-10-15(18)14-5-4-6-17(14)3/h4-6,9,15H,7-8,10H2,1-3H3/t15-/m1/s1. The van der Waals surface area contributed by atoms with Crippen molar-refractivity contribution in [2.24, 2.45) is 7.05 Å². The van der Waals surface area contributed by atoms with Gasteiger partial charge in [-0.2, -0.15) is 0 Å². The first-order valence-corrected chi connectivity index (χ1v) is 7.15. The van der Waals surface area contributed by atoms with Gasteiger partial charge in [-0.15, -0.1) is 0 Å². The second kappa shape index (κ2) is 5.41. The number of hydrogen-bond acceptors (Lipinski definition) is 3. The maximum Gasteiger partial charge on any atom is 0.258 e. The zero-order chi connectivity index (χ0) is 15.0. The van der Waals surface area contributed by atoms with Gasteiger partial charge in [0.2, 0.25) is 0 Å². The van der Waals surface area contributed by atoms with E-state index in [9.17, 15) is 4.79 Å². The first kappa shape index (κ1) is 13.9. The molecule has 0 radical (unpaired) electrons. The molecule has 3 rings (SSSR count). The van der Waals surface area contributed by atoms with Crippen LogP contribution in [0.1, 0.15) is 33.6 Å². The molecule has 1 fully saturated rings. The van der Waals surface area contributed by atoms with Gasteiger partial charge in [-0.05, 0) is 32.0 Å². The summed E-state index contributed by atoms with van der Waals surface area (Å²) >= 11 is 0. The minimum absolute atomic E-state index is 0.0128. The molecule has 0 saturated carbocycles. The van der Waals surface area contributed by atoms with Crippen molar-refractivity contribution in [1.82, 2.24) is 9.47 Å². The average molecular weight is 288 g/mol. The zero-order valence-corrected chi connectivity index (χ0v) is 12.6. The lowest BCUT2D eigenvalue weighted by molar-refractivity contribution is -0.00472. The molecule has 5 nitrogen and oxygen atoms in total. The van der Waals surface area contributed by atoms with Gasteiger partial charge in [0.1, 0.15) is 11.5 Å². The summed E-state index contributed by atoms with van der Waals surface area (Å²) in [5.74, 6) is 1.45. The number of aryl methyl sites for hydroxylation is 3. The van der Waals surface area contributed by atoms with Gasteiger partial charge in [-0.1, -0.05) is 0 Å². The fourth-order valence-corrected chi connectivity index (χ4v) is 2.91. The molecule has 3 heterocycles. The summed E-state index contributed by atoms with van der Waals surface area (Å²) < 4.78 is 13.1. The minimum Gasteiger partial charge on any atom is -0.466 e. The van der Waals surface area contributed by atoms with Crippen LogP contribution in [-0.4, -0.2) is 35.1 Å². The highest BCUT2D eigenvalue weighted by atomic mass is 16.5. The van der Waals surface area contributed by atoms with Gasteiger partial charge in [0.25, 0.3) is 5.91 Å². The van der Waals surface area contributed by atoms with Gasteiger partial charge in [0.15, 0.2) is 0 Å². The van der Waals surface area contributed by atoms with Crippen LogP contribution in [0.3, 0.4) is 0 Å². The maximum atomic E-state index is 12.9. The van der Waals surface area contributed by atoms with Crippen LogP contribution in [0.25, 0.3) is 0 Å². The highest BCUT2D eigenvalue weighted by molar-refractivity contribution is 5.95. The Bertz CT molecular complexity index is 656. The van der Waals surface area contributed by atoms with Crippen LogP contribution in [-0.2, 0) is 11.8 Å². The molecular formula is C16H20N2O3. The molecule has 0 aliphatic carbocycles. The zero-order valence-electron chi connectivity index (χ0n) is 12.6. The largest absolute Gasteiger partial charge is 0.466 e. The highest BCUT2D eigenvalue weighted by Crippen LogP contribution is 2.27. The Hall–Kier alpha value is -2.01. The first-order valence-electron chi connectivity index (χ1n) is 7.15. The molecule has 2 aromatic rings. The van der Waals surface area contributed by atoms with E-state index in [1.807, 2.05) is 54.8 Å². The lowest BCUT2D eigenvalue weighted by Gasteiger charge is -2.35. The molecule has 0 spiro atoms. The topological polar surface area (TPSA) is 47.6 Å². The number of aromatic nitrogens is 1. The van der Waals surface area contributed by atoms with Gasteiger partial charge in [-0.25, -0.2) is 0 Å². The van der Waals surface area contributed by atoms with E-state index in [1.165, 1.54) is 0 Å². The quantitative estimate of drug-likeness (QED) is 0.853. The van der Waals surface area contributed by atoms with E-state index in [0.717, 1.165) is 11.5 Å². The monoisotopic (exact) mass is 288 g/mol. The molecule has 1 atom stereocenters. The lowest BCUT2D eigenvalue weighted by atomic mass is 10.1. The van der Waals surface area contributed by atoms with E-state index in [0.29, 0.717) is 31.1 Å². The van der Waals surface area contributed by atoms with Crippen molar-refractivity contribution in [3.8, 4) is 0 Å². The fraction of sp³-hybridized carbons (Fsp3) is 0.438. The summed E-state index contributed by atoms with van der Waals surface area (Å²) in [6.45, 7) is 5.39. The molecule has 1 aliphatic heterocycles. The molecule has 112 valence electrons. The highest BCUT2D eigenvalue weighted by Gasteiger charge is 2.32. The summed E-state index contributed by atoms with van der Waals surface area (Å²) in [5, 5.41) is 0. The van der Waals surface area contributed by atoms with Crippen molar-refractivity contribution in [1.29, 1.82) is 0 Å². The van der Waals surface area contributed by atoms with Crippen molar-refractivity contribution in [2.75, 3.05) is 19.8 Å². The van der Waals surface area contributed by atoms with E-state index >= 15 is 0 Å². The number of hydrogen-bond donors (Lipinski definition) is 0. The lowest BCUT2D eigenvalue weighted by Crippen LogP contribution is -2.44. The van der Waals surface area contributed by atoms with E-state index in [2.05, 4.69) is 0 Å². The number of carbonyl (C=O) groups excluding carboxylic acids is 1. The molecule has 2 aromatic heterocycles. The molecule has 21 heavy (non-hydrogen) atoms. The third-order valence-electron chi connectivity index (χ3n) is 3.99. The molecule has 0 bridgehead atoms. The summed E-state index contributed by atoms with van der Waals surface area (Å²) in [6, 6.07) is 5.78. The van der Waals surface area contributed by atoms with Crippen molar-refractivity contribution in [2.45, 2.75) is 19.9 Å². The molecule has 0 aromatic carbocycles. The van der Waals surface area contributed by atoms with Crippen LogP contribution in [0, 0.1) is 13.8 Å². The van der Waals surface area contributed by atoms with Gasteiger partial charge in [-0.3, -0.25) is 4.79 Å². The van der Waals surface area contributed by atoms with Crippen molar-refractivity contribution >= 4 is 5.91 Å². The first-order chi connectivity index (χ1) is 10.1. The fourth-order valence-electron chi connectivity index (χ4n) is 2.91. The number of morpholine rings is 1. The Balaban J connectivity index is 1.93. The number of rotatable bonds is 2. The van der Waals surface area contributed by atoms with Crippen LogP contribution in [0.2, 0.25) is 0 Å². The third-order valence-corrected chi connectivity index (χ3v) is 3.99. The van der Waals surface area contributed by atoms with E-state index < -0.39 is 0 Å². The molecular weight excluding hydrogens is 268 g/mol. The number of ether oxygens (including phenoxy) is 1. The Morgan fingerprint density at radius 2 is 2.19 bits per heavy atom. The minimum atomic E-state index is -0.0548. The molecule has 5 heteroatoms. The van der Waals surface area contributed by atoms with E-state index in [-0.39, 0.29) is 11.9 Å². The van der Waals surface area contributed by atoms with Crippen LogP contribution >= 0.6 is 0 Å². The normalized spacial score (nSPS) is 19.0. The number of furan rings is 1. The second-order valence-corrected chi connectivity index (χ2v) is 5.46. The van der Waals surface area contributed by atoms with E-state index in [1.54, 1.807) is 0 Å². The molecule has 0 unspecified atom stereocenters. The van der Waals surface area contributed by atoms with E-state index in [4.69, 9.17) is 9.15 Å². The second-order valence-electron chi connectivity index (χ2n) is 5.46. The summed E-state index contributed by atoms with van der Waals surface area (Å²) in [7, 11) is 1.99. The van der Waals surface area contributed by atoms with Gasteiger partial charge < -0.3 is 18.6 Å². The average Bonchev–Trinajstić information content (AvgIpc) is 3.03. The Morgan fingerprint density at radius 1 is 1.38 bits per heavy atom. The van der Waals surface area contributed by atoms with Crippen LogP contribution < -0.4 is 0 Å². The summed E-state index contributed by atoms with van der Waals surface area (Å²) in [6.07, 6.45) is 1.99. The van der Waals surface area contributed by atoms with Crippen LogP contribution in [0.15, 0.2) is 28.8 Å². The van der Waals surface area contributed by atoms with Crippen LogP contribution in [0.4, 0.5) is 0 Å². The van der Waals surface area contributed by atoms with Gasteiger partial charge in [0.05, 0.1) is 24.8 Å². The Kier molecular flexibility index (Phi) is 3.59. The van der Waals surface area contributed by atoms with Gasteiger partial charge in [0, 0.05) is 25.5 Å². The molecule has 1 saturated heterocycles. The van der Waals surface area contributed by atoms with Crippen molar-refractivity contribution < 1.29 is 13.9 Å². The SMILES string of the molecule is Cc1cc(C(=O)N2CCOC[C@@H]2c2cccn2C)c(C)o1. The predicted octanol–water partition coefficient (Wildman–Crippen LogP) is 2.45. The Labute approximate surface area is 124 Å². The van der Waals surface area contributed by atoms with Crippen molar-refractivity contribution in [3.63, 3.8) is 0 Å². The molecule has 1 amide bonds. The summed E-state index contributed by atoms with van der Waals surface area (Å²) in [5.41, 5.74) is 1.73. The number of carbonyl (C=O) groups is 1. The summed E-state index contributed by atoms with van der Waals surface area (Å²) in [4.78, 5) is 14.7. The van der Waals surface area contributed by atoms with Crippen molar-refractivity contribution in [3.05, 3.63) is 47.2 Å². The number of amides is 1. The third kappa shape index (κ3) is 2.49.